The number of aromatic nitrogens is 2. The Morgan fingerprint density at radius 2 is 2.28 bits per heavy atom. The molecule has 1 heterocycles. The Morgan fingerprint density at radius 3 is 3.00 bits per heavy atom. The Balaban J connectivity index is 2.02. The van der Waals surface area contributed by atoms with Crippen LogP contribution < -0.4 is 5.32 Å². The molecule has 1 N–H and O–H groups in total. The molecule has 0 bridgehead atoms. The molecule has 0 saturated heterocycles. The summed E-state index contributed by atoms with van der Waals surface area (Å²) in [5.74, 6) is 1.44. The minimum absolute atomic E-state index is 0.355. The number of hydrogen-bond acceptors (Lipinski definition) is 4. The van der Waals surface area contributed by atoms with E-state index >= 15 is 0 Å². The topological polar surface area (TPSA) is 51.0 Å². The van der Waals surface area contributed by atoms with Crippen LogP contribution in [0.1, 0.15) is 24.2 Å². The van der Waals surface area contributed by atoms with Crippen molar-refractivity contribution in [1.82, 2.24) is 15.5 Å². The molecule has 0 saturated carbocycles. The van der Waals surface area contributed by atoms with Gasteiger partial charge in [0.25, 0.3) is 0 Å². The smallest absolute Gasteiger partial charge is 0.231 e. The van der Waals surface area contributed by atoms with Crippen molar-refractivity contribution < 1.29 is 4.52 Å². The Kier molecular flexibility index (Phi) is 4.71. The molecule has 1 unspecified atom stereocenters. The first kappa shape index (κ1) is 13.5. The molecule has 4 nitrogen and oxygen atoms in total. The van der Waals surface area contributed by atoms with E-state index in [1.165, 1.54) is 9.13 Å². The van der Waals surface area contributed by atoms with Crippen LogP contribution in [-0.4, -0.2) is 23.2 Å². The van der Waals surface area contributed by atoms with Crippen molar-refractivity contribution in [2.24, 2.45) is 0 Å². The maximum absolute atomic E-state index is 5.26. The van der Waals surface area contributed by atoms with Crippen LogP contribution in [-0.2, 0) is 12.8 Å². The van der Waals surface area contributed by atoms with Crippen LogP contribution in [0.25, 0.3) is 0 Å². The lowest BCUT2D eigenvalue weighted by Gasteiger charge is -2.04. The highest BCUT2D eigenvalue weighted by Gasteiger charge is 2.09. The van der Waals surface area contributed by atoms with Crippen molar-refractivity contribution in [3.63, 3.8) is 0 Å². The molecular formula is C13H16IN3O. The van der Waals surface area contributed by atoms with E-state index in [9.17, 15) is 0 Å². The lowest BCUT2D eigenvalue weighted by Crippen LogP contribution is -2.24. The summed E-state index contributed by atoms with van der Waals surface area (Å²) >= 11 is 2.30. The van der Waals surface area contributed by atoms with E-state index in [1.54, 1.807) is 0 Å². The second-order valence-electron chi connectivity index (χ2n) is 4.30. The number of nitrogens with zero attached hydrogens (tertiary/aromatic N) is 2. The van der Waals surface area contributed by atoms with Gasteiger partial charge in [0.15, 0.2) is 5.82 Å². The van der Waals surface area contributed by atoms with Crippen molar-refractivity contribution in [3.8, 4) is 0 Å². The zero-order valence-corrected chi connectivity index (χ0v) is 12.6. The molecule has 0 aliphatic carbocycles. The van der Waals surface area contributed by atoms with Gasteiger partial charge in [-0.2, -0.15) is 4.98 Å². The standard InChI is InChI=1S/C13H16IN3O/c1-9(15-2)6-12-16-13(18-17-12)8-10-4-3-5-11(14)7-10/h3-5,7,9,15H,6,8H2,1-2H3. The quantitative estimate of drug-likeness (QED) is 0.836. The van der Waals surface area contributed by atoms with E-state index < -0.39 is 0 Å². The SMILES string of the molecule is CNC(C)Cc1noc(Cc2cccc(I)c2)n1. The van der Waals surface area contributed by atoms with Gasteiger partial charge >= 0.3 is 0 Å². The van der Waals surface area contributed by atoms with Crippen molar-refractivity contribution in [3.05, 3.63) is 45.1 Å². The average molecular weight is 357 g/mol. The van der Waals surface area contributed by atoms with E-state index in [4.69, 9.17) is 4.52 Å². The molecular weight excluding hydrogens is 341 g/mol. The molecule has 1 aromatic heterocycles. The fourth-order valence-corrected chi connectivity index (χ4v) is 2.25. The van der Waals surface area contributed by atoms with Gasteiger partial charge in [-0.15, -0.1) is 0 Å². The highest BCUT2D eigenvalue weighted by Crippen LogP contribution is 2.12. The summed E-state index contributed by atoms with van der Waals surface area (Å²) in [6.07, 6.45) is 1.48. The zero-order chi connectivity index (χ0) is 13.0. The van der Waals surface area contributed by atoms with E-state index in [0.717, 1.165) is 12.2 Å². The van der Waals surface area contributed by atoms with Gasteiger partial charge in [0.1, 0.15) is 0 Å². The fraction of sp³-hybridized carbons (Fsp3) is 0.385. The summed E-state index contributed by atoms with van der Waals surface area (Å²) < 4.78 is 6.48. The molecule has 0 fully saturated rings. The second-order valence-corrected chi connectivity index (χ2v) is 5.55. The molecule has 18 heavy (non-hydrogen) atoms. The monoisotopic (exact) mass is 357 g/mol. The predicted octanol–water partition coefficient (Wildman–Crippen LogP) is 2.42. The molecule has 2 aromatic rings. The molecule has 5 heteroatoms. The lowest BCUT2D eigenvalue weighted by atomic mass is 10.1. The largest absolute Gasteiger partial charge is 0.339 e. The number of halogens is 1. The molecule has 2 rings (SSSR count). The highest BCUT2D eigenvalue weighted by molar-refractivity contribution is 14.1. The maximum atomic E-state index is 5.26. The van der Waals surface area contributed by atoms with Gasteiger partial charge in [0, 0.05) is 16.0 Å². The third kappa shape index (κ3) is 3.78. The third-order valence-corrected chi connectivity index (χ3v) is 3.41. The molecule has 1 atom stereocenters. The number of likely N-dealkylation sites (N-methyl/N-ethyl adjacent to an activating group) is 1. The summed E-state index contributed by atoms with van der Waals surface area (Å²) in [5, 5.41) is 7.15. The van der Waals surface area contributed by atoms with Gasteiger partial charge in [0.2, 0.25) is 5.89 Å². The number of nitrogens with one attached hydrogen (secondary N) is 1. The molecule has 0 radical (unpaired) electrons. The van der Waals surface area contributed by atoms with E-state index in [0.29, 0.717) is 18.4 Å². The van der Waals surface area contributed by atoms with Gasteiger partial charge in [-0.1, -0.05) is 17.3 Å². The Labute approximate surface area is 120 Å². The van der Waals surface area contributed by atoms with E-state index in [2.05, 4.69) is 63.2 Å². The second kappa shape index (κ2) is 6.29. The first-order chi connectivity index (χ1) is 8.67. The highest BCUT2D eigenvalue weighted by atomic mass is 127. The molecule has 0 aliphatic rings. The van der Waals surface area contributed by atoms with Gasteiger partial charge < -0.3 is 9.84 Å². The van der Waals surface area contributed by atoms with Crippen LogP contribution in [0.2, 0.25) is 0 Å². The minimum atomic E-state index is 0.355. The Hall–Kier alpha value is -0.950. The summed E-state index contributed by atoms with van der Waals surface area (Å²) in [7, 11) is 1.93. The van der Waals surface area contributed by atoms with Gasteiger partial charge in [0.05, 0.1) is 6.42 Å². The van der Waals surface area contributed by atoms with Crippen LogP contribution in [0.5, 0.6) is 0 Å². The predicted molar refractivity (Wildman–Crippen MR) is 78.5 cm³/mol. The number of hydrogen-bond donors (Lipinski definition) is 1. The van der Waals surface area contributed by atoms with Crippen LogP contribution >= 0.6 is 22.6 Å². The van der Waals surface area contributed by atoms with E-state index in [1.807, 2.05) is 13.1 Å². The number of rotatable bonds is 5. The Bertz CT molecular complexity index is 512. The summed E-state index contributed by atoms with van der Waals surface area (Å²) in [6, 6.07) is 8.66. The average Bonchev–Trinajstić information content (AvgIpc) is 2.76. The fourth-order valence-electron chi connectivity index (χ4n) is 1.64. The first-order valence-electron chi connectivity index (χ1n) is 5.90. The summed E-state index contributed by atoms with van der Waals surface area (Å²) in [5.41, 5.74) is 1.19. The third-order valence-electron chi connectivity index (χ3n) is 2.74. The van der Waals surface area contributed by atoms with Crippen molar-refractivity contribution in [1.29, 1.82) is 0 Å². The first-order valence-corrected chi connectivity index (χ1v) is 6.98. The lowest BCUT2D eigenvalue weighted by molar-refractivity contribution is 0.377. The van der Waals surface area contributed by atoms with Gasteiger partial charge in [-0.3, -0.25) is 0 Å². The normalized spacial score (nSPS) is 12.6. The molecule has 0 amide bonds. The van der Waals surface area contributed by atoms with Crippen molar-refractivity contribution in [2.45, 2.75) is 25.8 Å². The summed E-state index contributed by atoms with van der Waals surface area (Å²) in [4.78, 5) is 4.40. The van der Waals surface area contributed by atoms with Gasteiger partial charge in [-0.05, 0) is 54.3 Å². The molecule has 0 spiro atoms. The molecule has 96 valence electrons. The van der Waals surface area contributed by atoms with Gasteiger partial charge in [-0.25, -0.2) is 0 Å². The number of benzene rings is 1. The zero-order valence-electron chi connectivity index (χ0n) is 10.5. The van der Waals surface area contributed by atoms with Crippen molar-refractivity contribution >= 4 is 22.6 Å². The van der Waals surface area contributed by atoms with Crippen LogP contribution in [0.4, 0.5) is 0 Å². The minimum Gasteiger partial charge on any atom is -0.339 e. The Morgan fingerprint density at radius 1 is 1.44 bits per heavy atom. The molecule has 1 aromatic carbocycles. The van der Waals surface area contributed by atoms with Crippen LogP contribution in [0.15, 0.2) is 28.8 Å². The molecule has 0 aliphatic heterocycles. The van der Waals surface area contributed by atoms with E-state index in [-0.39, 0.29) is 0 Å². The maximum Gasteiger partial charge on any atom is 0.231 e. The van der Waals surface area contributed by atoms with Crippen molar-refractivity contribution in [2.75, 3.05) is 7.05 Å². The summed E-state index contributed by atoms with van der Waals surface area (Å²) in [6.45, 7) is 2.09. The van der Waals surface area contributed by atoms with Crippen LogP contribution in [0, 0.1) is 3.57 Å². The van der Waals surface area contributed by atoms with Crippen LogP contribution in [0.3, 0.4) is 0 Å².